The molecule has 1 atom stereocenters. The number of unbranched alkanes of at least 4 members (excludes halogenated alkanes) is 6. The summed E-state index contributed by atoms with van der Waals surface area (Å²) in [5.41, 5.74) is 3.05. The predicted molar refractivity (Wildman–Crippen MR) is 165 cm³/mol. The van der Waals surface area contributed by atoms with Crippen molar-refractivity contribution >= 4 is 11.9 Å². The van der Waals surface area contributed by atoms with Crippen LogP contribution in [0.3, 0.4) is 0 Å². The van der Waals surface area contributed by atoms with Crippen LogP contribution >= 0.6 is 0 Å². The largest absolute Gasteiger partial charge is 0.465 e. The Bertz CT molecular complexity index is 1100. The highest BCUT2D eigenvalue weighted by atomic mass is 16.5. The molecule has 0 saturated carbocycles. The summed E-state index contributed by atoms with van der Waals surface area (Å²) in [6.45, 7) is 6.09. The number of aliphatic hydroxyl groups excluding tert-OH is 1. The SMILES string of the molecule is CCCCCCC(NCCCCCCO)c1nc(Cc2ccccc2)c(N(CC(=O)OCC)Cc2ccccc2)o1. The van der Waals surface area contributed by atoms with Crippen molar-refractivity contribution in [3.8, 4) is 0 Å². The highest BCUT2D eigenvalue weighted by Gasteiger charge is 2.26. The second-order valence-electron chi connectivity index (χ2n) is 10.6. The van der Waals surface area contributed by atoms with Gasteiger partial charge >= 0.3 is 5.97 Å². The van der Waals surface area contributed by atoms with E-state index in [-0.39, 0.29) is 25.2 Å². The van der Waals surface area contributed by atoms with Crippen molar-refractivity contribution in [2.24, 2.45) is 0 Å². The van der Waals surface area contributed by atoms with Crippen LogP contribution in [0.1, 0.15) is 100 Å². The quantitative estimate of drug-likeness (QED) is 0.107. The molecule has 0 aliphatic carbocycles. The van der Waals surface area contributed by atoms with E-state index in [4.69, 9.17) is 19.2 Å². The number of hydrogen-bond acceptors (Lipinski definition) is 7. The van der Waals surface area contributed by atoms with Crippen LogP contribution in [0.5, 0.6) is 0 Å². The van der Waals surface area contributed by atoms with Gasteiger partial charge in [-0.2, -0.15) is 0 Å². The minimum atomic E-state index is -0.288. The molecule has 7 heteroatoms. The van der Waals surface area contributed by atoms with Gasteiger partial charge in [0.2, 0.25) is 11.8 Å². The van der Waals surface area contributed by atoms with Gasteiger partial charge in [0, 0.05) is 19.6 Å². The molecule has 7 nitrogen and oxygen atoms in total. The highest BCUT2D eigenvalue weighted by Crippen LogP contribution is 2.31. The molecule has 1 unspecified atom stereocenters. The van der Waals surface area contributed by atoms with Gasteiger partial charge in [0.1, 0.15) is 12.2 Å². The first-order valence-electron chi connectivity index (χ1n) is 15.5. The molecule has 224 valence electrons. The molecule has 41 heavy (non-hydrogen) atoms. The van der Waals surface area contributed by atoms with Crippen LogP contribution in [0.2, 0.25) is 0 Å². The fourth-order valence-electron chi connectivity index (χ4n) is 4.98. The molecule has 0 spiro atoms. The summed E-state index contributed by atoms with van der Waals surface area (Å²) in [5, 5.41) is 12.8. The molecular weight excluding hydrogens is 514 g/mol. The van der Waals surface area contributed by atoms with E-state index in [1.807, 2.05) is 48.2 Å². The summed E-state index contributed by atoms with van der Waals surface area (Å²) >= 11 is 0. The fourth-order valence-corrected chi connectivity index (χ4v) is 4.98. The molecule has 0 aliphatic rings. The number of aliphatic hydroxyl groups is 1. The average molecular weight is 564 g/mol. The smallest absolute Gasteiger partial charge is 0.325 e. The zero-order valence-corrected chi connectivity index (χ0v) is 25.0. The Morgan fingerprint density at radius 2 is 1.61 bits per heavy atom. The van der Waals surface area contributed by atoms with Crippen molar-refractivity contribution in [1.29, 1.82) is 0 Å². The van der Waals surface area contributed by atoms with Crippen LogP contribution < -0.4 is 10.2 Å². The minimum Gasteiger partial charge on any atom is -0.465 e. The van der Waals surface area contributed by atoms with Gasteiger partial charge in [0.05, 0.1) is 12.6 Å². The number of anilines is 1. The Kier molecular flexibility index (Phi) is 15.0. The van der Waals surface area contributed by atoms with E-state index in [2.05, 4.69) is 36.5 Å². The summed E-state index contributed by atoms with van der Waals surface area (Å²) in [5.74, 6) is 1.02. The Hall–Kier alpha value is -3.16. The normalized spacial score (nSPS) is 11.9. The lowest BCUT2D eigenvalue weighted by Gasteiger charge is -2.22. The van der Waals surface area contributed by atoms with E-state index in [1.54, 1.807) is 0 Å². The Labute approximate surface area is 246 Å². The molecule has 3 aromatic rings. The first kappa shape index (κ1) is 32.4. The van der Waals surface area contributed by atoms with E-state index in [0.29, 0.717) is 31.3 Å². The molecule has 3 rings (SSSR count). The second kappa shape index (κ2) is 19.1. The number of carbonyl (C=O) groups excluding carboxylic acids is 1. The van der Waals surface area contributed by atoms with E-state index in [0.717, 1.165) is 61.9 Å². The summed E-state index contributed by atoms with van der Waals surface area (Å²) in [6, 6.07) is 20.4. The van der Waals surface area contributed by atoms with Crippen LogP contribution in [-0.4, -0.2) is 42.4 Å². The zero-order valence-electron chi connectivity index (χ0n) is 25.0. The van der Waals surface area contributed by atoms with Gasteiger partial charge in [-0.1, -0.05) is 106 Å². The van der Waals surface area contributed by atoms with Crippen LogP contribution in [-0.2, 0) is 22.5 Å². The van der Waals surface area contributed by atoms with Gasteiger partial charge in [0.15, 0.2) is 0 Å². The highest BCUT2D eigenvalue weighted by molar-refractivity contribution is 5.75. The Morgan fingerprint density at radius 3 is 2.29 bits per heavy atom. The third-order valence-electron chi connectivity index (χ3n) is 7.16. The molecular formula is C34H49N3O4. The Balaban J connectivity index is 1.92. The van der Waals surface area contributed by atoms with Crippen molar-refractivity contribution in [3.63, 3.8) is 0 Å². The van der Waals surface area contributed by atoms with Gasteiger partial charge in [-0.05, 0) is 43.9 Å². The standard InChI is InChI=1S/C34H49N3O4/c1-3-5-6-15-22-30(35-23-16-7-8-17-24-38)33-36-31(25-28-18-11-9-12-19-28)34(41-33)37(27-32(39)40-4-2)26-29-20-13-10-14-21-29/h9-14,18-21,30,35,38H,3-8,15-17,22-27H2,1-2H3. The number of carbonyl (C=O) groups is 1. The summed E-state index contributed by atoms with van der Waals surface area (Å²) in [7, 11) is 0. The summed E-state index contributed by atoms with van der Waals surface area (Å²) < 4.78 is 12.0. The topological polar surface area (TPSA) is 87.8 Å². The van der Waals surface area contributed by atoms with Crippen molar-refractivity contribution in [3.05, 3.63) is 83.4 Å². The van der Waals surface area contributed by atoms with Gasteiger partial charge in [0.25, 0.3) is 0 Å². The van der Waals surface area contributed by atoms with Gasteiger partial charge in [-0.25, -0.2) is 4.98 Å². The van der Waals surface area contributed by atoms with Gasteiger partial charge < -0.3 is 24.5 Å². The molecule has 0 saturated heterocycles. The number of esters is 1. The number of nitrogens with one attached hydrogen (secondary N) is 1. The molecule has 2 N–H and O–H groups in total. The van der Waals surface area contributed by atoms with Crippen molar-refractivity contribution in [1.82, 2.24) is 10.3 Å². The number of hydrogen-bond donors (Lipinski definition) is 2. The lowest BCUT2D eigenvalue weighted by Crippen LogP contribution is -2.31. The fraction of sp³-hybridized carbons (Fsp3) is 0.529. The first-order valence-corrected chi connectivity index (χ1v) is 15.5. The van der Waals surface area contributed by atoms with Crippen molar-refractivity contribution in [2.45, 2.75) is 90.6 Å². The maximum atomic E-state index is 12.7. The molecule has 1 aromatic heterocycles. The van der Waals surface area contributed by atoms with Crippen LogP contribution in [0.25, 0.3) is 0 Å². The number of aromatic nitrogens is 1. The summed E-state index contributed by atoms with van der Waals surface area (Å²) in [6.07, 6.45) is 10.2. The van der Waals surface area contributed by atoms with Crippen LogP contribution in [0.4, 0.5) is 5.88 Å². The molecule has 0 aliphatic heterocycles. The number of nitrogens with zero attached hydrogens (tertiary/aromatic N) is 2. The van der Waals surface area contributed by atoms with Crippen molar-refractivity contribution in [2.75, 3.05) is 31.2 Å². The van der Waals surface area contributed by atoms with Gasteiger partial charge in [-0.15, -0.1) is 0 Å². The summed E-state index contributed by atoms with van der Waals surface area (Å²) in [4.78, 5) is 19.8. The second-order valence-corrected chi connectivity index (χ2v) is 10.6. The third-order valence-corrected chi connectivity index (χ3v) is 7.16. The minimum absolute atomic E-state index is 0.00543. The monoisotopic (exact) mass is 563 g/mol. The number of rotatable bonds is 21. The van der Waals surface area contributed by atoms with Gasteiger partial charge in [-0.3, -0.25) is 4.79 Å². The van der Waals surface area contributed by atoms with E-state index in [1.165, 1.54) is 19.3 Å². The maximum absolute atomic E-state index is 12.7. The van der Waals surface area contributed by atoms with E-state index in [9.17, 15) is 4.79 Å². The molecule has 1 heterocycles. The number of oxazole rings is 1. The third kappa shape index (κ3) is 11.7. The molecule has 0 bridgehead atoms. The van der Waals surface area contributed by atoms with E-state index < -0.39 is 0 Å². The Morgan fingerprint density at radius 1 is 0.927 bits per heavy atom. The average Bonchev–Trinajstić information content (AvgIpc) is 3.40. The molecule has 0 fully saturated rings. The first-order chi connectivity index (χ1) is 20.1. The van der Waals surface area contributed by atoms with Crippen LogP contribution in [0.15, 0.2) is 65.1 Å². The zero-order chi connectivity index (χ0) is 29.1. The predicted octanol–water partition coefficient (Wildman–Crippen LogP) is 6.99. The molecule has 0 radical (unpaired) electrons. The number of benzene rings is 2. The molecule has 2 aromatic carbocycles. The van der Waals surface area contributed by atoms with Crippen molar-refractivity contribution < 1.29 is 19.1 Å². The maximum Gasteiger partial charge on any atom is 0.325 e. The lowest BCUT2D eigenvalue weighted by atomic mass is 10.1. The van der Waals surface area contributed by atoms with E-state index >= 15 is 0 Å². The number of ether oxygens (including phenoxy) is 1. The van der Waals surface area contributed by atoms with Crippen LogP contribution in [0, 0.1) is 0 Å². The lowest BCUT2D eigenvalue weighted by molar-refractivity contribution is -0.141. The molecule has 0 amide bonds.